The molecule has 0 aliphatic rings. The zero-order chi connectivity index (χ0) is 45.6. The second-order valence-electron chi connectivity index (χ2n) is 18.3. The number of rotatable bonds is 50. The maximum atomic E-state index is 12.3. The molecule has 0 bridgehead atoms. The average Bonchev–Trinajstić information content (AvgIpc) is 3.29. The van der Waals surface area contributed by atoms with E-state index in [1.165, 1.54) is 180 Å². The molecule has 1 atom stereocenters. The summed E-state index contributed by atoms with van der Waals surface area (Å²) in [6, 6.07) is 0. The van der Waals surface area contributed by atoms with Crippen LogP contribution in [0.5, 0.6) is 0 Å². The van der Waals surface area contributed by atoms with E-state index in [0.29, 0.717) is 12.8 Å². The van der Waals surface area contributed by atoms with Gasteiger partial charge in [-0.15, -0.1) is 0 Å². The van der Waals surface area contributed by atoms with E-state index in [-0.39, 0.29) is 25.2 Å². The molecule has 5 nitrogen and oxygen atoms in total. The standard InChI is InChI=1S/C58H104O5/c1-3-5-7-9-11-13-15-17-19-21-23-25-27-28-29-30-31-33-35-37-39-41-43-45-47-49-51-53-58(61)63-56(54-59)55-62-57(60)52-50-48-46-44-42-40-38-36-34-32-26-24-22-20-18-16-14-12-10-8-6-4-2/h5,7,11,13,17,19,23,25,28-29,56,59H,3-4,6,8-10,12,14-16,18,20-22,24,26-27,30-55H2,1-2H3/b7-5-,13-11-,19-17-,25-23-,29-28-. The highest BCUT2D eigenvalue weighted by molar-refractivity contribution is 5.70. The van der Waals surface area contributed by atoms with Crippen LogP contribution in [-0.4, -0.2) is 36.4 Å². The highest BCUT2D eigenvalue weighted by Crippen LogP contribution is 2.17. The van der Waals surface area contributed by atoms with E-state index < -0.39 is 6.10 Å². The van der Waals surface area contributed by atoms with E-state index in [1.54, 1.807) is 0 Å². The summed E-state index contributed by atoms with van der Waals surface area (Å²) in [4.78, 5) is 24.5. The highest BCUT2D eigenvalue weighted by Gasteiger charge is 2.16. The number of carbonyl (C=O) groups is 2. The number of hydrogen-bond donors (Lipinski definition) is 1. The fourth-order valence-electron chi connectivity index (χ4n) is 8.00. The first-order chi connectivity index (χ1) is 31.1. The molecular weight excluding hydrogens is 777 g/mol. The van der Waals surface area contributed by atoms with Gasteiger partial charge in [0.25, 0.3) is 0 Å². The molecule has 0 aliphatic carbocycles. The van der Waals surface area contributed by atoms with Crippen molar-refractivity contribution in [2.75, 3.05) is 13.2 Å². The minimum atomic E-state index is -0.774. The lowest BCUT2D eigenvalue weighted by molar-refractivity contribution is -0.161. The van der Waals surface area contributed by atoms with Crippen molar-refractivity contribution in [2.45, 2.75) is 283 Å². The summed E-state index contributed by atoms with van der Waals surface area (Å²) in [7, 11) is 0. The van der Waals surface area contributed by atoms with Gasteiger partial charge in [-0.2, -0.15) is 0 Å². The SMILES string of the molecule is CC/C=C\C/C=C\C/C=C\C/C=C\C/C=C\CCCCCCCCCCCCCC(=O)OC(CO)COC(=O)CCCCCCCCCCCCCCCCCCCCCCCC. The van der Waals surface area contributed by atoms with Gasteiger partial charge in [0.2, 0.25) is 0 Å². The molecule has 0 aromatic carbocycles. The number of aliphatic hydroxyl groups excluding tert-OH is 1. The van der Waals surface area contributed by atoms with Crippen LogP contribution in [0.2, 0.25) is 0 Å². The molecule has 0 radical (unpaired) electrons. The molecule has 0 heterocycles. The van der Waals surface area contributed by atoms with Crippen LogP contribution in [0.1, 0.15) is 277 Å². The lowest BCUT2D eigenvalue weighted by Crippen LogP contribution is -2.28. The van der Waals surface area contributed by atoms with E-state index in [4.69, 9.17) is 9.47 Å². The molecule has 0 saturated carbocycles. The minimum absolute atomic E-state index is 0.0648. The summed E-state index contributed by atoms with van der Waals surface area (Å²) in [6.07, 6.45) is 71.8. The van der Waals surface area contributed by atoms with Crippen LogP contribution in [0.3, 0.4) is 0 Å². The molecule has 0 aromatic heterocycles. The van der Waals surface area contributed by atoms with E-state index >= 15 is 0 Å². The Kier molecular flexibility index (Phi) is 51.9. The molecule has 366 valence electrons. The van der Waals surface area contributed by atoms with Crippen molar-refractivity contribution >= 4 is 11.9 Å². The normalized spacial score (nSPS) is 12.6. The molecule has 0 spiro atoms. The summed E-state index contributed by atoms with van der Waals surface area (Å²) in [6.45, 7) is 4.06. The van der Waals surface area contributed by atoms with Crippen molar-refractivity contribution in [3.63, 3.8) is 0 Å². The molecule has 0 aliphatic heterocycles. The molecule has 5 heteroatoms. The highest BCUT2D eigenvalue weighted by atomic mass is 16.6. The van der Waals surface area contributed by atoms with Gasteiger partial charge in [0.05, 0.1) is 6.61 Å². The monoisotopic (exact) mass is 881 g/mol. The minimum Gasteiger partial charge on any atom is -0.462 e. The maximum Gasteiger partial charge on any atom is 0.306 e. The Morgan fingerprint density at radius 1 is 0.381 bits per heavy atom. The predicted molar refractivity (Wildman–Crippen MR) is 274 cm³/mol. The quantitative estimate of drug-likeness (QED) is 0.0374. The van der Waals surface area contributed by atoms with E-state index in [9.17, 15) is 14.7 Å². The van der Waals surface area contributed by atoms with Gasteiger partial charge in [0.1, 0.15) is 6.61 Å². The molecule has 0 saturated heterocycles. The fourth-order valence-corrected chi connectivity index (χ4v) is 8.00. The number of unbranched alkanes of at least 4 members (excludes halogenated alkanes) is 32. The van der Waals surface area contributed by atoms with Gasteiger partial charge in [-0.05, 0) is 57.8 Å². The summed E-state index contributed by atoms with van der Waals surface area (Å²) in [5.41, 5.74) is 0. The van der Waals surface area contributed by atoms with Crippen molar-refractivity contribution in [1.29, 1.82) is 0 Å². The zero-order valence-corrected chi connectivity index (χ0v) is 41.8. The first kappa shape index (κ1) is 60.6. The van der Waals surface area contributed by atoms with Gasteiger partial charge in [-0.1, -0.05) is 267 Å². The molecule has 63 heavy (non-hydrogen) atoms. The molecule has 0 fully saturated rings. The van der Waals surface area contributed by atoms with Crippen LogP contribution in [0.15, 0.2) is 60.8 Å². The summed E-state index contributed by atoms with van der Waals surface area (Å²) in [5, 5.41) is 9.65. The third kappa shape index (κ3) is 52.1. The van der Waals surface area contributed by atoms with Gasteiger partial charge < -0.3 is 14.6 Å². The van der Waals surface area contributed by atoms with Crippen molar-refractivity contribution < 1.29 is 24.2 Å². The summed E-state index contributed by atoms with van der Waals surface area (Å²) in [5.74, 6) is -0.582. The van der Waals surface area contributed by atoms with Crippen molar-refractivity contribution in [1.82, 2.24) is 0 Å². The smallest absolute Gasteiger partial charge is 0.306 e. The Morgan fingerprint density at radius 2 is 0.683 bits per heavy atom. The third-order valence-corrected chi connectivity index (χ3v) is 12.1. The Bertz CT molecular complexity index is 1090. The maximum absolute atomic E-state index is 12.3. The van der Waals surface area contributed by atoms with Crippen LogP contribution in [0.25, 0.3) is 0 Å². The van der Waals surface area contributed by atoms with Crippen LogP contribution < -0.4 is 0 Å². The first-order valence-electron chi connectivity index (χ1n) is 27.3. The number of hydrogen-bond acceptors (Lipinski definition) is 5. The van der Waals surface area contributed by atoms with Crippen LogP contribution in [0, 0.1) is 0 Å². The number of allylic oxidation sites excluding steroid dienone is 10. The van der Waals surface area contributed by atoms with Crippen LogP contribution in [-0.2, 0) is 19.1 Å². The lowest BCUT2D eigenvalue weighted by atomic mass is 10.0. The molecular formula is C58H104O5. The van der Waals surface area contributed by atoms with E-state index in [1.807, 2.05) is 0 Å². The van der Waals surface area contributed by atoms with Crippen molar-refractivity contribution in [2.24, 2.45) is 0 Å². The van der Waals surface area contributed by atoms with Crippen LogP contribution >= 0.6 is 0 Å². The molecule has 0 amide bonds. The zero-order valence-electron chi connectivity index (χ0n) is 41.8. The second kappa shape index (κ2) is 53.9. The summed E-state index contributed by atoms with van der Waals surface area (Å²) >= 11 is 0. The van der Waals surface area contributed by atoms with E-state index in [0.717, 1.165) is 70.6 Å². The third-order valence-electron chi connectivity index (χ3n) is 12.1. The lowest BCUT2D eigenvalue weighted by Gasteiger charge is -2.15. The Balaban J connectivity index is 3.48. The Morgan fingerprint density at radius 3 is 1.03 bits per heavy atom. The Labute approximate surface area is 391 Å². The number of carbonyl (C=O) groups excluding carboxylic acids is 2. The fraction of sp³-hybridized carbons (Fsp3) is 0.793. The number of ether oxygens (including phenoxy) is 2. The van der Waals surface area contributed by atoms with Crippen molar-refractivity contribution in [3.8, 4) is 0 Å². The van der Waals surface area contributed by atoms with Gasteiger partial charge >= 0.3 is 11.9 Å². The molecule has 0 aromatic rings. The molecule has 1 N–H and O–H groups in total. The van der Waals surface area contributed by atoms with Crippen molar-refractivity contribution in [3.05, 3.63) is 60.8 Å². The predicted octanol–water partition coefficient (Wildman–Crippen LogP) is 18.2. The second-order valence-corrected chi connectivity index (χ2v) is 18.3. The van der Waals surface area contributed by atoms with Gasteiger partial charge in [-0.3, -0.25) is 9.59 Å². The van der Waals surface area contributed by atoms with Crippen LogP contribution in [0.4, 0.5) is 0 Å². The Hall–Kier alpha value is -2.40. The first-order valence-corrected chi connectivity index (χ1v) is 27.3. The van der Waals surface area contributed by atoms with Gasteiger partial charge in [-0.25, -0.2) is 0 Å². The van der Waals surface area contributed by atoms with Gasteiger partial charge in [0, 0.05) is 12.8 Å². The number of esters is 2. The summed E-state index contributed by atoms with van der Waals surface area (Å²) < 4.78 is 10.7. The van der Waals surface area contributed by atoms with Gasteiger partial charge in [0.15, 0.2) is 6.10 Å². The van der Waals surface area contributed by atoms with E-state index in [2.05, 4.69) is 74.6 Å². The molecule has 0 rings (SSSR count). The largest absolute Gasteiger partial charge is 0.462 e. The number of aliphatic hydroxyl groups is 1. The topological polar surface area (TPSA) is 72.8 Å². The average molecular weight is 881 g/mol. The molecule has 1 unspecified atom stereocenters.